The lowest BCUT2D eigenvalue weighted by molar-refractivity contribution is -0.151. The Morgan fingerprint density at radius 2 is 1.39 bits per heavy atom. The van der Waals surface area contributed by atoms with Gasteiger partial charge < -0.3 is 26.0 Å². The smallest absolute Gasteiger partial charge is 0.326 e. The van der Waals surface area contributed by atoms with Crippen molar-refractivity contribution in [3.63, 3.8) is 0 Å². The molecule has 4 atom stereocenters. The van der Waals surface area contributed by atoms with Crippen molar-refractivity contribution in [1.29, 1.82) is 0 Å². The van der Waals surface area contributed by atoms with Gasteiger partial charge in [-0.15, -0.1) is 0 Å². The highest BCUT2D eigenvalue weighted by atomic mass is 16.4. The van der Waals surface area contributed by atoms with E-state index in [1.54, 1.807) is 4.90 Å². The minimum absolute atomic E-state index is 0.0187. The summed E-state index contributed by atoms with van der Waals surface area (Å²) in [7, 11) is 0. The quantitative estimate of drug-likeness (QED) is 0.437. The van der Waals surface area contributed by atoms with Crippen molar-refractivity contribution in [3.8, 4) is 0 Å². The van der Waals surface area contributed by atoms with Crippen molar-refractivity contribution in [1.82, 2.24) is 15.1 Å². The SMILES string of the molecule is N[C@@H](Cc1ccccc1)C(=O)N[C@H](CC(=O)N1CCC[C@H]1C(=O)N1CCC[C@H]1C(=O)O)Cc1ccccc1. The van der Waals surface area contributed by atoms with Gasteiger partial charge in [-0.05, 0) is 49.7 Å². The lowest BCUT2D eigenvalue weighted by atomic mass is 10.0. The molecule has 2 aliphatic rings. The van der Waals surface area contributed by atoms with Crippen LogP contribution in [0.3, 0.4) is 0 Å². The van der Waals surface area contributed by atoms with Crippen LogP contribution in [0.5, 0.6) is 0 Å². The maximum Gasteiger partial charge on any atom is 0.326 e. The fraction of sp³-hybridized carbons (Fsp3) is 0.448. The Balaban J connectivity index is 1.44. The van der Waals surface area contributed by atoms with Crippen molar-refractivity contribution in [2.75, 3.05) is 13.1 Å². The van der Waals surface area contributed by atoms with Crippen LogP contribution < -0.4 is 11.1 Å². The van der Waals surface area contributed by atoms with E-state index >= 15 is 0 Å². The van der Waals surface area contributed by atoms with Gasteiger partial charge in [0.15, 0.2) is 0 Å². The first-order valence-corrected chi connectivity index (χ1v) is 13.3. The average Bonchev–Trinajstić information content (AvgIpc) is 3.60. The predicted octanol–water partition coefficient (Wildman–Crippen LogP) is 1.74. The van der Waals surface area contributed by atoms with E-state index in [0.29, 0.717) is 51.6 Å². The molecular weight excluding hydrogens is 484 g/mol. The molecule has 2 fully saturated rings. The van der Waals surface area contributed by atoms with Gasteiger partial charge in [-0.1, -0.05) is 60.7 Å². The zero-order chi connectivity index (χ0) is 27.1. The number of nitrogens with two attached hydrogens (primary N) is 1. The number of nitrogens with one attached hydrogen (secondary N) is 1. The fourth-order valence-electron chi connectivity index (χ4n) is 5.47. The van der Waals surface area contributed by atoms with Crippen LogP contribution in [0.15, 0.2) is 60.7 Å². The first-order chi connectivity index (χ1) is 18.3. The Morgan fingerprint density at radius 1 is 0.842 bits per heavy atom. The van der Waals surface area contributed by atoms with Crippen molar-refractivity contribution in [3.05, 3.63) is 71.8 Å². The lowest BCUT2D eigenvalue weighted by Crippen LogP contribution is -2.52. The molecule has 0 spiro atoms. The van der Waals surface area contributed by atoms with E-state index in [9.17, 15) is 24.3 Å². The number of carbonyl (C=O) groups is 4. The van der Waals surface area contributed by atoms with Crippen LogP contribution in [0.2, 0.25) is 0 Å². The Kier molecular flexibility index (Phi) is 9.12. The molecule has 4 N–H and O–H groups in total. The van der Waals surface area contributed by atoms with Gasteiger partial charge in [0.2, 0.25) is 17.7 Å². The number of carboxylic acids is 1. The summed E-state index contributed by atoms with van der Waals surface area (Å²) >= 11 is 0. The van der Waals surface area contributed by atoms with E-state index in [1.165, 1.54) is 4.90 Å². The zero-order valence-electron chi connectivity index (χ0n) is 21.5. The second kappa shape index (κ2) is 12.7. The number of rotatable bonds is 10. The van der Waals surface area contributed by atoms with Crippen molar-refractivity contribution in [2.24, 2.45) is 5.73 Å². The Morgan fingerprint density at radius 3 is 2.00 bits per heavy atom. The van der Waals surface area contributed by atoms with Crippen LogP contribution in [0.1, 0.15) is 43.2 Å². The number of likely N-dealkylation sites (tertiary alicyclic amines) is 2. The van der Waals surface area contributed by atoms with Crippen LogP contribution in [-0.4, -0.2) is 75.9 Å². The number of amides is 3. The summed E-state index contributed by atoms with van der Waals surface area (Å²) in [5.41, 5.74) is 8.13. The van der Waals surface area contributed by atoms with E-state index in [2.05, 4.69) is 5.32 Å². The van der Waals surface area contributed by atoms with Crippen LogP contribution in [0.4, 0.5) is 0 Å². The first kappa shape index (κ1) is 27.3. The number of nitrogens with zero attached hydrogens (tertiary/aromatic N) is 2. The van der Waals surface area contributed by atoms with Crippen molar-refractivity contribution in [2.45, 2.75) is 69.1 Å². The van der Waals surface area contributed by atoms with Crippen LogP contribution in [0, 0.1) is 0 Å². The van der Waals surface area contributed by atoms with Gasteiger partial charge in [-0.25, -0.2) is 4.79 Å². The van der Waals surface area contributed by atoms with E-state index < -0.39 is 30.1 Å². The average molecular weight is 521 g/mol. The number of carboxylic acid groups (broad SMARTS) is 1. The molecule has 9 nitrogen and oxygen atoms in total. The Hall–Kier alpha value is -3.72. The van der Waals surface area contributed by atoms with E-state index in [-0.39, 0.29) is 24.1 Å². The monoisotopic (exact) mass is 520 g/mol. The van der Waals surface area contributed by atoms with Gasteiger partial charge in [0, 0.05) is 25.6 Å². The second-order valence-corrected chi connectivity index (χ2v) is 10.2. The van der Waals surface area contributed by atoms with Crippen molar-refractivity contribution < 1.29 is 24.3 Å². The minimum Gasteiger partial charge on any atom is -0.480 e. The molecule has 4 rings (SSSR count). The third-order valence-electron chi connectivity index (χ3n) is 7.41. The highest BCUT2D eigenvalue weighted by Crippen LogP contribution is 2.26. The van der Waals surface area contributed by atoms with Crippen LogP contribution in [0.25, 0.3) is 0 Å². The fourth-order valence-corrected chi connectivity index (χ4v) is 5.47. The molecule has 0 aliphatic carbocycles. The second-order valence-electron chi connectivity index (χ2n) is 10.2. The van der Waals surface area contributed by atoms with Gasteiger partial charge in [0.25, 0.3) is 0 Å². The summed E-state index contributed by atoms with van der Waals surface area (Å²) in [6.07, 6.45) is 3.08. The summed E-state index contributed by atoms with van der Waals surface area (Å²) in [4.78, 5) is 54.4. The highest BCUT2D eigenvalue weighted by Gasteiger charge is 2.42. The number of carbonyl (C=O) groups excluding carboxylic acids is 3. The molecule has 2 aromatic rings. The van der Waals surface area contributed by atoms with Gasteiger partial charge in [0.05, 0.1) is 6.04 Å². The molecule has 3 amide bonds. The predicted molar refractivity (Wildman–Crippen MR) is 142 cm³/mol. The molecule has 2 saturated heterocycles. The van der Waals surface area contributed by atoms with Gasteiger partial charge in [-0.2, -0.15) is 0 Å². The third kappa shape index (κ3) is 6.77. The minimum atomic E-state index is -1.01. The number of aliphatic carboxylic acids is 1. The maximum absolute atomic E-state index is 13.5. The molecule has 0 unspecified atom stereocenters. The molecule has 9 heteroatoms. The maximum atomic E-state index is 13.5. The van der Waals surface area contributed by atoms with E-state index in [0.717, 1.165) is 11.1 Å². The number of benzene rings is 2. The Labute approximate surface area is 223 Å². The van der Waals surface area contributed by atoms with Gasteiger partial charge in [-0.3, -0.25) is 14.4 Å². The van der Waals surface area contributed by atoms with Gasteiger partial charge in [0.1, 0.15) is 12.1 Å². The zero-order valence-corrected chi connectivity index (χ0v) is 21.5. The third-order valence-corrected chi connectivity index (χ3v) is 7.41. The molecule has 0 saturated carbocycles. The molecule has 2 aromatic carbocycles. The molecule has 0 aromatic heterocycles. The molecule has 38 heavy (non-hydrogen) atoms. The number of hydrogen-bond donors (Lipinski definition) is 3. The summed E-state index contributed by atoms with van der Waals surface area (Å²) in [5.74, 6) is -1.87. The highest BCUT2D eigenvalue weighted by molar-refractivity contribution is 5.91. The summed E-state index contributed by atoms with van der Waals surface area (Å²) < 4.78 is 0. The van der Waals surface area contributed by atoms with E-state index in [1.807, 2.05) is 60.7 Å². The number of hydrogen-bond acceptors (Lipinski definition) is 5. The lowest BCUT2D eigenvalue weighted by Gasteiger charge is -2.31. The summed E-state index contributed by atoms with van der Waals surface area (Å²) in [5, 5.41) is 12.5. The molecule has 202 valence electrons. The largest absolute Gasteiger partial charge is 0.480 e. The molecule has 0 bridgehead atoms. The molecule has 2 heterocycles. The van der Waals surface area contributed by atoms with Crippen LogP contribution in [-0.2, 0) is 32.0 Å². The summed E-state index contributed by atoms with van der Waals surface area (Å²) in [6, 6.07) is 16.3. The first-order valence-electron chi connectivity index (χ1n) is 13.3. The molecule has 2 aliphatic heterocycles. The van der Waals surface area contributed by atoms with Gasteiger partial charge >= 0.3 is 5.97 Å². The normalized spacial score (nSPS) is 20.7. The van der Waals surface area contributed by atoms with Crippen molar-refractivity contribution >= 4 is 23.7 Å². The summed E-state index contributed by atoms with van der Waals surface area (Å²) in [6.45, 7) is 0.820. The standard InChI is InChI=1S/C29H36N4O5/c30-23(18-21-11-5-2-6-12-21)27(35)31-22(17-20-9-3-1-4-10-20)19-26(34)32-15-7-13-24(32)28(36)33-16-8-14-25(33)29(37)38/h1-6,9-12,22-25H,7-8,13-19,30H2,(H,31,35)(H,37,38)/t22-,23-,24-,25-/m0/s1. The molecule has 0 radical (unpaired) electrons. The van der Waals surface area contributed by atoms with Crippen LogP contribution >= 0.6 is 0 Å². The Bertz CT molecular complexity index is 1130. The molecular formula is C29H36N4O5. The van der Waals surface area contributed by atoms with E-state index in [4.69, 9.17) is 5.73 Å². The topological polar surface area (TPSA) is 133 Å².